The van der Waals surface area contributed by atoms with Crippen LogP contribution in [0.4, 0.5) is 0 Å². The van der Waals surface area contributed by atoms with E-state index in [2.05, 4.69) is 0 Å². The lowest BCUT2D eigenvalue weighted by Gasteiger charge is -2.07. The Morgan fingerprint density at radius 2 is 2.29 bits per heavy atom. The van der Waals surface area contributed by atoms with Crippen molar-refractivity contribution in [3.05, 3.63) is 28.8 Å². The number of Topliss-reactive ketones (excluding diaryl/α,β-unsaturated/α-hetero) is 1. The van der Waals surface area contributed by atoms with E-state index in [0.717, 1.165) is 0 Å². The molecule has 0 spiro atoms. The molecule has 2 N–H and O–H groups in total. The van der Waals surface area contributed by atoms with Crippen LogP contribution in [0.1, 0.15) is 16.8 Å². The first-order valence-corrected chi connectivity index (χ1v) is 4.79. The van der Waals surface area contributed by atoms with Crippen LogP contribution < -0.4 is 10.5 Å². The Bertz CT molecular complexity index is 378. The predicted molar refractivity (Wildman–Crippen MR) is 53.9 cm³/mol. The molecule has 74 valence electrons. The average molecular weight is 212 g/mol. The van der Waals surface area contributed by atoms with E-state index in [9.17, 15) is 4.79 Å². The summed E-state index contributed by atoms with van der Waals surface area (Å²) in [5.74, 6) is 0.368. The fourth-order valence-electron chi connectivity index (χ4n) is 1.47. The van der Waals surface area contributed by atoms with Gasteiger partial charge in [0.05, 0.1) is 23.2 Å². The molecule has 0 fully saturated rings. The van der Waals surface area contributed by atoms with Gasteiger partial charge in [0.15, 0.2) is 5.78 Å². The third-order valence-corrected chi connectivity index (χ3v) is 2.54. The van der Waals surface area contributed by atoms with Gasteiger partial charge in [0, 0.05) is 6.42 Å². The van der Waals surface area contributed by atoms with E-state index in [1.54, 1.807) is 18.2 Å². The number of ketones is 1. The number of benzene rings is 1. The molecule has 0 aromatic heterocycles. The molecule has 1 aromatic rings. The maximum atomic E-state index is 11.7. The summed E-state index contributed by atoms with van der Waals surface area (Å²) >= 11 is 5.91. The summed E-state index contributed by atoms with van der Waals surface area (Å²) in [5.41, 5.74) is 6.16. The third kappa shape index (κ3) is 1.49. The lowest BCUT2D eigenvalue weighted by Crippen LogP contribution is -2.30. The van der Waals surface area contributed by atoms with Crippen molar-refractivity contribution >= 4 is 17.4 Å². The summed E-state index contributed by atoms with van der Waals surface area (Å²) in [7, 11) is 0. The molecule has 3 nitrogen and oxygen atoms in total. The lowest BCUT2D eigenvalue weighted by molar-refractivity contribution is 0.0960. The van der Waals surface area contributed by atoms with E-state index in [4.69, 9.17) is 22.1 Å². The van der Waals surface area contributed by atoms with E-state index < -0.39 is 6.04 Å². The third-order valence-electron chi connectivity index (χ3n) is 2.24. The fraction of sp³-hybridized carbons (Fsp3) is 0.300. The summed E-state index contributed by atoms with van der Waals surface area (Å²) in [4.78, 5) is 11.7. The minimum Gasteiger partial charge on any atom is -0.491 e. The Morgan fingerprint density at radius 1 is 1.50 bits per heavy atom. The zero-order valence-corrected chi connectivity index (χ0v) is 8.25. The molecular formula is C10H10ClNO2. The molecule has 0 bridgehead atoms. The number of nitrogens with two attached hydrogens (primary N) is 1. The quantitative estimate of drug-likeness (QED) is 0.710. The standard InChI is InChI=1S/C10H10ClNO2/c11-7-3-1-2-6-9(13)8(12)4-5-14-10(6)7/h1-3,8H,4-5,12H2. The number of ether oxygens (including phenoxy) is 1. The summed E-state index contributed by atoms with van der Waals surface area (Å²) in [6.07, 6.45) is 0.532. The zero-order chi connectivity index (χ0) is 10.1. The van der Waals surface area contributed by atoms with Crippen LogP contribution in [0.5, 0.6) is 5.75 Å². The van der Waals surface area contributed by atoms with Gasteiger partial charge in [-0.05, 0) is 12.1 Å². The number of para-hydroxylation sites is 1. The number of hydrogen-bond donors (Lipinski definition) is 1. The Hall–Kier alpha value is -1.06. The van der Waals surface area contributed by atoms with Gasteiger partial charge in [-0.15, -0.1) is 0 Å². The topological polar surface area (TPSA) is 52.3 Å². The Labute approximate surface area is 86.8 Å². The number of rotatable bonds is 0. The normalized spacial score (nSPS) is 21.0. The van der Waals surface area contributed by atoms with Crippen LogP contribution in [0.3, 0.4) is 0 Å². The first kappa shape index (κ1) is 9.49. The van der Waals surface area contributed by atoms with E-state index in [1.807, 2.05) is 0 Å². The molecule has 14 heavy (non-hydrogen) atoms. The second-order valence-corrected chi connectivity index (χ2v) is 3.63. The van der Waals surface area contributed by atoms with E-state index in [0.29, 0.717) is 29.4 Å². The van der Waals surface area contributed by atoms with Crippen molar-refractivity contribution in [1.82, 2.24) is 0 Å². The molecule has 4 heteroatoms. The number of carbonyl (C=O) groups is 1. The average Bonchev–Trinajstić information content (AvgIpc) is 2.31. The van der Waals surface area contributed by atoms with Crippen molar-refractivity contribution in [1.29, 1.82) is 0 Å². The predicted octanol–water partition coefficient (Wildman–Crippen LogP) is 1.63. The van der Waals surface area contributed by atoms with E-state index in [-0.39, 0.29) is 5.78 Å². The molecule has 1 unspecified atom stereocenters. The fourth-order valence-corrected chi connectivity index (χ4v) is 1.70. The van der Waals surface area contributed by atoms with Gasteiger partial charge in [-0.25, -0.2) is 0 Å². The maximum Gasteiger partial charge on any atom is 0.183 e. The van der Waals surface area contributed by atoms with Crippen molar-refractivity contribution in [2.75, 3.05) is 6.61 Å². The highest BCUT2D eigenvalue weighted by atomic mass is 35.5. The second kappa shape index (κ2) is 3.59. The van der Waals surface area contributed by atoms with Gasteiger partial charge in [0.25, 0.3) is 0 Å². The van der Waals surface area contributed by atoms with Gasteiger partial charge in [-0.2, -0.15) is 0 Å². The van der Waals surface area contributed by atoms with Crippen LogP contribution in [0.2, 0.25) is 5.02 Å². The van der Waals surface area contributed by atoms with Crippen molar-refractivity contribution in [2.24, 2.45) is 5.73 Å². The molecule has 0 radical (unpaired) electrons. The minimum absolute atomic E-state index is 0.0972. The highest BCUT2D eigenvalue weighted by Crippen LogP contribution is 2.31. The number of carbonyl (C=O) groups excluding carboxylic acids is 1. The zero-order valence-electron chi connectivity index (χ0n) is 7.50. The largest absolute Gasteiger partial charge is 0.491 e. The minimum atomic E-state index is -0.477. The summed E-state index contributed by atoms with van der Waals surface area (Å²) in [5, 5.41) is 0.463. The Morgan fingerprint density at radius 3 is 3.07 bits per heavy atom. The number of fused-ring (bicyclic) bond motifs is 1. The molecule has 1 heterocycles. The number of hydrogen-bond acceptors (Lipinski definition) is 3. The monoisotopic (exact) mass is 211 g/mol. The maximum absolute atomic E-state index is 11.7. The summed E-state index contributed by atoms with van der Waals surface area (Å²) in [6, 6.07) is 4.63. The van der Waals surface area contributed by atoms with Crippen LogP contribution in [0, 0.1) is 0 Å². The van der Waals surface area contributed by atoms with Gasteiger partial charge in [0.2, 0.25) is 0 Å². The molecule has 0 saturated heterocycles. The van der Waals surface area contributed by atoms with Gasteiger partial charge in [-0.1, -0.05) is 17.7 Å². The molecule has 2 rings (SSSR count). The first-order chi connectivity index (χ1) is 6.70. The molecule has 0 saturated carbocycles. The van der Waals surface area contributed by atoms with Gasteiger partial charge >= 0.3 is 0 Å². The van der Waals surface area contributed by atoms with Crippen LogP contribution in [0.25, 0.3) is 0 Å². The molecular weight excluding hydrogens is 202 g/mol. The number of halogens is 1. The lowest BCUT2D eigenvalue weighted by atomic mass is 10.0. The van der Waals surface area contributed by atoms with Crippen molar-refractivity contribution < 1.29 is 9.53 Å². The van der Waals surface area contributed by atoms with Crippen LogP contribution in [-0.4, -0.2) is 18.4 Å². The molecule has 0 aliphatic carbocycles. The molecule has 1 aliphatic rings. The van der Waals surface area contributed by atoms with Gasteiger partial charge in [-0.3, -0.25) is 4.79 Å². The SMILES string of the molecule is NC1CCOc2c(Cl)cccc2C1=O. The van der Waals surface area contributed by atoms with Crippen molar-refractivity contribution in [2.45, 2.75) is 12.5 Å². The van der Waals surface area contributed by atoms with Crippen molar-refractivity contribution in [3.8, 4) is 5.75 Å². The Kier molecular flexibility index (Phi) is 2.44. The van der Waals surface area contributed by atoms with E-state index >= 15 is 0 Å². The molecule has 0 amide bonds. The summed E-state index contributed by atoms with van der Waals surface area (Å²) < 4.78 is 5.39. The van der Waals surface area contributed by atoms with Gasteiger partial charge in [0.1, 0.15) is 5.75 Å². The molecule has 1 atom stereocenters. The van der Waals surface area contributed by atoms with Crippen LogP contribution in [-0.2, 0) is 0 Å². The Balaban J connectivity index is 2.53. The van der Waals surface area contributed by atoms with Crippen LogP contribution >= 0.6 is 11.6 Å². The molecule has 1 aromatic carbocycles. The molecule has 1 aliphatic heterocycles. The highest BCUT2D eigenvalue weighted by Gasteiger charge is 2.24. The first-order valence-electron chi connectivity index (χ1n) is 4.41. The second-order valence-electron chi connectivity index (χ2n) is 3.22. The highest BCUT2D eigenvalue weighted by molar-refractivity contribution is 6.32. The summed E-state index contributed by atoms with van der Waals surface area (Å²) in [6.45, 7) is 0.434. The smallest absolute Gasteiger partial charge is 0.183 e. The van der Waals surface area contributed by atoms with E-state index in [1.165, 1.54) is 0 Å². The van der Waals surface area contributed by atoms with Crippen LogP contribution in [0.15, 0.2) is 18.2 Å². The van der Waals surface area contributed by atoms with Crippen molar-refractivity contribution in [3.63, 3.8) is 0 Å². The van der Waals surface area contributed by atoms with Gasteiger partial charge < -0.3 is 10.5 Å².